The lowest BCUT2D eigenvalue weighted by molar-refractivity contribution is 0.141. The number of aromatic amines is 1. The number of nitrogens with one attached hydrogen (secondary N) is 1. The smallest absolute Gasteiger partial charge is 0.336 e. The highest BCUT2D eigenvalue weighted by Crippen LogP contribution is 2.09. The predicted molar refractivity (Wildman–Crippen MR) is 49.8 cm³/mol. The molecule has 1 aromatic rings. The van der Waals surface area contributed by atoms with Crippen molar-refractivity contribution in [2.75, 3.05) is 27.4 Å². The molecule has 0 aliphatic carbocycles. The molecular formula is C8H13N3O3. The Morgan fingerprint density at radius 2 is 2.21 bits per heavy atom. The van der Waals surface area contributed by atoms with Gasteiger partial charge >= 0.3 is 6.01 Å². The zero-order valence-electron chi connectivity index (χ0n) is 8.24. The summed E-state index contributed by atoms with van der Waals surface area (Å²) in [4.78, 5) is 3.98. The van der Waals surface area contributed by atoms with Crippen LogP contribution >= 0.6 is 0 Å². The van der Waals surface area contributed by atoms with E-state index >= 15 is 0 Å². The van der Waals surface area contributed by atoms with Crippen molar-refractivity contribution in [1.82, 2.24) is 15.2 Å². The highest BCUT2D eigenvalue weighted by atomic mass is 16.5. The Morgan fingerprint density at radius 1 is 1.43 bits per heavy atom. The first kappa shape index (κ1) is 10.5. The predicted octanol–water partition coefficient (Wildman–Crippen LogP) is 0.447. The van der Waals surface area contributed by atoms with E-state index in [9.17, 15) is 0 Å². The molecule has 0 aliphatic heterocycles. The Morgan fingerprint density at radius 3 is 2.86 bits per heavy atom. The quantitative estimate of drug-likeness (QED) is 0.532. The molecule has 0 radical (unpaired) electrons. The van der Waals surface area contributed by atoms with Gasteiger partial charge in [-0.2, -0.15) is 4.98 Å². The molecule has 78 valence electrons. The van der Waals surface area contributed by atoms with E-state index in [-0.39, 0.29) is 6.01 Å². The van der Waals surface area contributed by atoms with Gasteiger partial charge in [0.2, 0.25) is 0 Å². The van der Waals surface area contributed by atoms with Crippen molar-refractivity contribution < 1.29 is 14.2 Å². The number of H-pyrrole nitrogens is 1. The lowest BCUT2D eigenvalue weighted by Gasteiger charge is -1.98. The highest BCUT2D eigenvalue weighted by molar-refractivity contribution is 5.48. The maximum absolute atomic E-state index is 5.15. The minimum Gasteiger partial charge on any atom is -0.493 e. The van der Waals surface area contributed by atoms with Gasteiger partial charge < -0.3 is 14.2 Å². The largest absolute Gasteiger partial charge is 0.493 e. The molecule has 0 aromatic carbocycles. The second kappa shape index (κ2) is 5.23. The average Bonchev–Trinajstić information content (AvgIpc) is 2.66. The second-order valence-electron chi connectivity index (χ2n) is 2.44. The maximum Gasteiger partial charge on any atom is 0.336 e. The molecule has 0 saturated heterocycles. The van der Waals surface area contributed by atoms with Crippen molar-refractivity contribution in [3.05, 3.63) is 12.4 Å². The Bertz CT molecular complexity index is 298. The van der Waals surface area contributed by atoms with Crippen LogP contribution in [-0.2, 0) is 9.47 Å². The van der Waals surface area contributed by atoms with E-state index in [1.54, 1.807) is 7.11 Å². The second-order valence-corrected chi connectivity index (χ2v) is 2.44. The van der Waals surface area contributed by atoms with Gasteiger partial charge in [0.1, 0.15) is 6.61 Å². The summed E-state index contributed by atoms with van der Waals surface area (Å²) in [6.07, 6.45) is 0. The van der Waals surface area contributed by atoms with Crippen LogP contribution in [0.3, 0.4) is 0 Å². The first-order valence-electron chi connectivity index (χ1n) is 4.05. The van der Waals surface area contributed by atoms with E-state index < -0.39 is 0 Å². The first-order chi connectivity index (χ1) is 6.77. The zero-order chi connectivity index (χ0) is 10.4. The van der Waals surface area contributed by atoms with Crippen LogP contribution in [-0.4, -0.2) is 42.6 Å². The molecular weight excluding hydrogens is 186 g/mol. The fourth-order valence-corrected chi connectivity index (χ4v) is 0.749. The third kappa shape index (κ3) is 2.74. The molecule has 0 unspecified atom stereocenters. The maximum atomic E-state index is 5.15. The molecule has 0 saturated carbocycles. The van der Waals surface area contributed by atoms with Gasteiger partial charge in [0.25, 0.3) is 0 Å². The monoisotopic (exact) mass is 199 g/mol. The zero-order valence-corrected chi connectivity index (χ0v) is 8.24. The number of hydrogen-bond acceptors (Lipinski definition) is 5. The SMILES string of the molecule is C=C(OC)c1nc(OCCOC)n[nH]1. The summed E-state index contributed by atoms with van der Waals surface area (Å²) in [7, 11) is 3.11. The van der Waals surface area contributed by atoms with Crippen LogP contribution in [0, 0.1) is 0 Å². The summed E-state index contributed by atoms with van der Waals surface area (Å²) < 4.78 is 14.8. The van der Waals surface area contributed by atoms with E-state index in [2.05, 4.69) is 21.8 Å². The molecule has 0 aliphatic rings. The molecule has 14 heavy (non-hydrogen) atoms. The van der Waals surface area contributed by atoms with Crippen molar-refractivity contribution >= 4 is 5.76 Å². The summed E-state index contributed by atoms with van der Waals surface area (Å²) in [6, 6.07) is 0.259. The molecule has 6 nitrogen and oxygen atoms in total. The summed E-state index contributed by atoms with van der Waals surface area (Å²) >= 11 is 0. The van der Waals surface area contributed by atoms with E-state index in [1.165, 1.54) is 7.11 Å². The van der Waals surface area contributed by atoms with Gasteiger partial charge in [-0.05, 0) is 0 Å². The number of aromatic nitrogens is 3. The molecule has 0 atom stereocenters. The van der Waals surface area contributed by atoms with E-state index in [0.717, 1.165) is 0 Å². The van der Waals surface area contributed by atoms with Crippen LogP contribution in [0.1, 0.15) is 5.82 Å². The van der Waals surface area contributed by atoms with Gasteiger partial charge in [0, 0.05) is 7.11 Å². The molecule has 1 aromatic heterocycles. The van der Waals surface area contributed by atoms with Crippen LogP contribution in [0.5, 0.6) is 6.01 Å². The van der Waals surface area contributed by atoms with Crippen molar-refractivity contribution in [2.24, 2.45) is 0 Å². The third-order valence-corrected chi connectivity index (χ3v) is 1.49. The minimum absolute atomic E-state index is 0.259. The minimum atomic E-state index is 0.259. The molecule has 0 spiro atoms. The number of methoxy groups -OCH3 is 2. The van der Waals surface area contributed by atoms with Gasteiger partial charge in [-0.1, -0.05) is 6.58 Å². The Labute approximate surface area is 81.9 Å². The van der Waals surface area contributed by atoms with Crippen molar-refractivity contribution in [3.8, 4) is 6.01 Å². The van der Waals surface area contributed by atoms with Gasteiger partial charge in [-0.3, -0.25) is 5.10 Å². The molecule has 0 fully saturated rings. The summed E-state index contributed by atoms with van der Waals surface area (Å²) in [6.45, 7) is 4.52. The van der Waals surface area contributed by atoms with Gasteiger partial charge in [0.15, 0.2) is 11.6 Å². The lowest BCUT2D eigenvalue weighted by Crippen LogP contribution is -2.05. The molecule has 6 heteroatoms. The van der Waals surface area contributed by atoms with E-state index in [1.807, 2.05) is 0 Å². The Hall–Kier alpha value is -1.56. The van der Waals surface area contributed by atoms with Crippen molar-refractivity contribution in [2.45, 2.75) is 0 Å². The lowest BCUT2D eigenvalue weighted by atomic mass is 10.5. The van der Waals surface area contributed by atoms with Crippen LogP contribution < -0.4 is 4.74 Å². The standard InChI is InChI=1S/C8H13N3O3/c1-6(13-3)7-9-8(11-10-7)14-5-4-12-2/h1,4-5H2,2-3H3,(H,9,10,11). The summed E-state index contributed by atoms with van der Waals surface area (Å²) in [5.74, 6) is 0.874. The van der Waals surface area contributed by atoms with E-state index in [0.29, 0.717) is 24.8 Å². The van der Waals surface area contributed by atoms with Gasteiger partial charge in [-0.25, -0.2) is 0 Å². The third-order valence-electron chi connectivity index (χ3n) is 1.49. The fourth-order valence-electron chi connectivity index (χ4n) is 0.749. The Balaban J connectivity index is 2.46. The number of nitrogens with zero attached hydrogens (tertiary/aromatic N) is 2. The van der Waals surface area contributed by atoms with Crippen LogP contribution in [0.4, 0.5) is 0 Å². The molecule has 1 heterocycles. The van der Waals surface area contributed by atoms with Crippen molar-refractivity contribution in [3.63, 3.8) is 0 Å². The molecule has 0 bridgehead atoms. The molecule has 1 N–H and O–H groups in total. The first-order valence-corrected chi connectivity index (χ1v) is 4.05. The normalized spacial score (nSPS) is 9.86. The number of hydrogen-bond donors (Lipinski definition) is 1. The fraction of sp³-hybridized carbons (Fsp3) is 0.500. The number of rotatable bonds is 6. The molecule has 0 amide bonds. The van der Waals surface area contributed by atoms with Gasteiger partial charge in [-0.15, -0.1) is 5.10 Å². The van der Waals surface area contributed by atoms with Crippen molar-refractivity contribution in [1.29, 1.82) is 0 Å². The van der Waals surface area contributed by atoms with Gasteiger partial charge in [0.05, 0.1) is 13.7 Å². The summed E-state index contributed by atoms with van der Waals surface area (Å²) in [5.41, 5.74) is 0. The summed E-state index contributed by atoms with van der Waals surface area (Å²) in [5, 5.41) is 6.43. The van der Waals surface area contributed by atoms with Crippen LogP contribution in [0.2, 0.25) is 0 Å². The average molecular weight is 199 g/mol. The number of ether oxygens (including phenoxy) is 3. The van der Waals surface area contributed by atoms with Crippen LogP contribution in [0.25, 0.3) is 5.76 Å². The van der Waals surface area contributed by atoms with E-state index in [4.69, 9.17) is 14.2 Å². The Kier molecular flexibility index (Phi) is 3.93. The molecule has 1 rings (SSSR count). The van der Waals surface area contributed by atoms with Crippen LogP contribution in [0.15, 0.2) is 6.58 Å². The topological polar surface area (TPSA) is 69.3 Å². The highest BCUT2D eigenvalue weighted by Gasteiger charge is 2.06.